The Bertz CT molecular complexity index is 215. The summed E-state index contributed by atoms with van der Waals surface area (Å²) in [5, 5.41) is 16.6. The van der Waals surface area contributed by atoms with Crippen LogP contribution in [0.15, 0.2) is 0 Å². The van der Waals surface area contributed by atoms with Crippen LogP contribution in [0.2, 0.25) is 0 Å². The highest BCUT2D eigenvalue weighted by Gasteiger charge is 2.34. The van der Waals surface area contributed by atoms with Crippen molar-refractivity contribution < 1.29 is 4.79 Å². The Morgan fingerprint density at radius 1 is 1.40 bits per heavy atom. The molecule has 0 N–H and O–H groups in total. The van der Waals surface area contributed by atoms with E-state index in [2.05, 4.69) is 0 Å². The molecule has 0 atom stereocenters. The number of carbonyl (C=O) groups is 1. The molecule has 3 heteroatoms. The molecule has 0 aliphatic heterocycles. The number of rotatable bonds is 2. The van der Waals surface area contributed by atoms with E-state index in [9.17, 15) is 4.79 Å². The first kappa shape index (κ1) is 6.77. The van der Waals surface area contributed by atoms with Crippen molar-refractivity contribution in [2.75, 3.05) is 0 Å². The molecule has 1 aliphatic carbocycles. The third-order valence-corrected chi connectivity index (χ3v) is 1.52. The smallest absolute Gasteiger partial charge is 0.191 e. The minimum atomic E-state index is -1.02. The number of nitrogens with zero attached hydrogens (tertiary/aromatic N) is 2. The maximum atomic E-state index is 10.9. The van der Waals surface area contributed by atoms with Gasteiger partial charge in [-0.05, 0) is 12.8 Å². The zero-order valence-corrected chi connectivity index (χ0v) is 5.37. The molecule has 0 unspecified atom stereocenters. The standard InChI is InChI=1S/C7H6N2O/c8-3-6(4-9)7(10)5-1-2-5/h5-6H,1-2H2. The monoisotopic (exact) mass is 134 g/mol. The van der Waals surface area contributed by atoms with Gasteiger partial charge in [0.2, 0.25) is 0 Å². The van der Waals surface area contributed by atoms with Crippen LogP contribution in [-0.2, 0) is 4.79 Å². The summed E-state index contributed by atoms with van der Waals surface area (Å²) in [4.78, 5) is 10.9. The molecule has 0 aromatic carbocycles. The van der Waals surface area contributed by atoms with Crippen molar-refractivity contribution >= 4 is 5.78 Å². The Hall–Kier alpha value is -1.35. The molecule has 1 saturated carbocycles. The van der Waals surface area contributed by atoms with Gasteiger partial charge in [0.25, 0.3) is 0 Å². The summed E-state index contributed by atoms with van der Waals surface area (Å²) in [6.07, 6.45) is 1.72. The minimum absolute atomic E-state index is 0.0179. The van der Waals surface area contributed by atoms with Gasteiger partial charge in [-0.1, -0.05) is 0 Å². The highest BCUT2D eigenvalue weighted by molar-refractivity contribution is 5.89. The number of hydrogen-bond donors (Lipinski definition) is 0. The summed E-state index contributed by atoms with van der Waals surface area (Å²) < 4.78 is 0. The molecule has 0 aromatic rings. The van der Waals surface area contributed by atoms with Gasteiger partial charge in [-0.2, -0.15) is 10.5 Å². The fourth-order valence-corrected chi connectivity index (χ4v) is 0.760. The average Bonchev–Trinajstić information content (AvgIpc) is 2.71. The molecule has 1 aliphatic rings. The topological polar surface area (TPSA) is 64.7 Å². The molecule has 1 fully saturated rings. The highest BCUT2D eigenvalue weighted by Crippen LogP contribution is 2.32. The molecule has 0 saturated heterocycles. The molecule has 0 aromatic heterocycles. The summed E-state index contributed by atoms with van der Waals surface area (Å²) in [5.41, 5.74) is 0. The maximum absolute atomic E-state index is 10.9. The molecule has 0 radical (unpaired) electrons. The Balaban J connectivity index is 2.56. The Morgan fingerprint density at radius 2 is 1.90 bits per heavy atom. The Morgan fingerprint density at radius 3 is 2.20 bits per heavy atom. The maximum Gasteiger partial charge on any atom is 0.191 e. The lowest BCUT2D eigenvalue weighted by molar-refractivity contribution is -0.121. The van der Waals surface area contributed by atoms with Crippen LogP contribution in [0.1, 0.15) is 12.8 Å². The summed E-state index contributed by atoms with van der Waals surface area (Å²) in [6, 6.07) is 3.32. The van der Waals surface area contributed by atoms with Crippen molar-refractivity contribution in [3.8, 4) is 12.1 Å². The second-order valence-electron chi connectivity index (χ2n) is 2.37. The summed E-state index contributed by atoms with van der Waals surface area (Å²) >= 11 is 0. The van der Waals surface area contributed by atoms with Crippen molar-refractivity contribution in [2.24, 2.45) is 11.8 Å². The van der Waals surface area contributed by atoms with E-state index in [0.29, 0.717) is 0 Å². The molecule has 3 nitrogen and oxygen atoms in total. The third kappa shape index (κ3) is 1.14. The van der Waals surface area contributed by atoms with Crippen LogP contribution in [0.5, 0.6) is 0 Å². The normalized spacial score (nSPS) is 15.9. The van der Waals surface area contributed by atoms with Crippen LogP contribution >= 0.6 is 0 Å². The van der Waals surface area contributed by atoms with E-state index in [1.165, 1.54) is 0 Å². The molecule has 0 heterocycles. The quantitative estimate of drug-likeness (QED) is 0.556. The highest BCUT2D eigenvalue weighted by atomic mass is 16.1. The van der Waals surface area contributed by atoms with Crippen molar-refractivity contribution in [2.45, 2.75) is 12.8 Å². The Labute approximate surface area is 58.9 Å². The van der Waals surface area contributed by atoms with Crippen LogP contribution in [0, 0.1) is 34.5 Å². The van der Waals surface area contributed by atoms with Gasteiger partial charge in [-0.3, -0.25) is 4.79 Å². The van der Waals surface area contributed by atoms with E-state index < -0.39 is 5.92 Å². The second-order valence-corrected chi connectivity index (χ2v) is 2.37. The van der Waals surface area contributed by atoms with Gasteiger partial charge in [0.05, 0.1) is 12.1 Å². The molecule has 0 spiro atoms. The predicted octanol–water partition coefficient (Wildman–Crippen LogP) is 0.629. The van der Waals surface area contributed by atoms with Crippen molar-refractivity contribution in [1.29, 1.82) is 10.5 Å². The number of ketones is 1. The SMILES string of the molecule is N#CC(C#N)C(=O)C1CC1. The fraction of sp³-hybridized carbons (Fsp3) is 0.571. The number of nitriles is 2. The predicted molar refractivity (Wildman–Crippen MR) is 32.4 cm³/mol. The lowest BCUT2D eigenvalue weighted by Crippen LogP contribution is -2.11. The van der Waals surface area contributed by atoms with Crippen LogP contribution in [0.25, 0.3) is 0 Å². The van der Waals surface area contributed by atoms with Crippen molar-refractivity contribution in [3.05, 3.63) is 0 Å². The van der Waals surface area contributed by atoms with Crippen LogP contribution in [-0.4, -0.2) is 5.78 Å². The van der Waals surface area contributed by atoms with Gasteiger partial charge >= 0.3 is 0 Å². The lowest BCUT2D eigenvalue weighted by Gasteiger charge is -1.92. The van der Waals surface area contributed by atoms with Crippen molar-refractivity contribution in [1.82, 2.24) is 0 Å². The van der Waals surface area contributed by atoms with Gasteiger partial charge in [-0.15, -0.1) is 0 Å². The second kappa shape index (κ2) is 2.49. The van der Waals surface area contributed by atoms with E-state index in [-0.39, 0.29) is 11.7 Å². The summed E-state index contributed by atoms with van der Waals surface area (Å²) in [5.74, 6) is -1.19. The first-order valence-electron chi connectivity index (χ1n) is 3.12. The first-order valence-corrected chi connectivity index (χ1v) is 3.12. The van der Waals surface area contributed by atoms with E-state index in [0.717, 1.165) is 12.8 Å². The third-order valence-electron chi connectivity index (χ3n) is 1.52. The van der Waals surface area contributed by atoms with Gasteiger partial charge in [0.15, 0.2) is 11.7 Å². The lowest BCUT2D eigenvalue weighted by atomic mass is 10.0. The molecule has 50 valence electrons. The first-order chi connectivity index (χ1) is 4.79. The summed E-state index contributed by atoms with van der Waals surface area (Å²) in [7, 11) is 0. The minimum Gasteiger partial charge on any atom is -0.297 e. The van der Waals surface area contributed by atoms with Crippen LogP contribution < -0.4 is 0 Å². The average molecular weight is 134 g/mol. The van der Waals surface area contributed by atoms with Gasteiger partial charge in [0, 0.05) is 5.92 Å². The molecule has 1 rings (SSSR count). The largest absolute Gasteiger partial charge is 0.297 e. The van der Waals surface area contributed by atoms with Crippen LogP contribution in [0.3, 0.4) is 0 Å². The van der Waals surface area contributed by atoms with E-state index in [1.54, 1.807) is 12.1 Å². The van der Waals surface area contributed by atoms with Crippen molar-refractivity contribution in [3.63, 3.8) is 0 Å². The molecule has 0 amide bonds. The van der Waals surface area contributed by atoms with E-state index in [4.69, 9.17) is 10.5 Å². The summed E-state index contributed by atoms with van der Waals surface area (Å²) in [6.45, 7) is 0. The zero-order chi connectivity index (χ0) is 7.56. The molecule has 0 bridgehead atoms. The zero-order valence-electron chi connectivity index (χ0n) is 5.37. The van der Waals surface area contributed by atoms with E-state index in [1.807, 2.05) is 0 Å². The number of carbonyl (C=O) groups excluding carboxylic acids is 1. The van der Waals surface area contributed by atoms with E-state index >= 15 is 0 Å². The Kier molecular flexibility index (Phi) is 1.69. The fourth-order valence-electron chi connectivity index (χ4n) is 0.760. The molecular formula is C7H6N2O. The van der Waals surface area contributed by atoms with Gasteiger partial charge in [-0.25, -0.2) is 0 Å². The van der Waals surface area contributed by atoms with Crippen LogP contribution in [0.4, 0.5) is 0 Å². The molecular weight excluding hydrogens is 128 g/mol. The van der Waals surface area contributed by atoms with Gasteiger partial charge in [0.1, 0.15) is 0 Å². The van der Waals surface area contributed by atoms with Gasteiger partial charge < -0.3 is 0 Å². The number of Topliss-reactive ketones (excluding diaryl/α,β-unsaturated/α-hetero) is 1. The number of hydrogen-bond acceptors (Lipinski definition) is 3. The molecule has 10 heavy (non-hydrogen) atoms.